The van der Waals surface area contributed by atoms with E-state index in [9.17, 15) is 0 Å². The maximum atomic E-state index is 4.04. The Labute approximate surface area is 116 Å². The number of halogens is 1. The molecule has 1 heterocycles. The quantitative estimate of drug-likeness (QED) is 0.864. The first-order chi connectivity index (χ1) is 8.74. The maximum absolute atomic E-state index is 4.04. The third-order valence-electron chi connectivity index (χ3n) is 2.80. The molecule has 4 nitrogen and oxygen atoms in total. The first-order valence-electron chi connectivity index (χ1n) is 6.08. The van der Waals surface area contributed by atoms with Crippen LogP contribution in [0.4, 0.5) is 0 Å². The first-order valence-corrected chi connectivity index (χ1v) is 6.87. The van der Waals surface area contributed by atoms with E-state index in [2.05, 4.69) is 56.7 Å². The zero-order valence-electron chi connectivity index (χ0n) is 10.7. The molecule has 2 aromatic rings. The van der Waals surface area contributed by atoms with Gasteiger partial charge in [-0.1, -0.05) is 36.4 Å². The predicted molar refractivity (Wildman–Crippen MR) is 76.1 cm³/mol. The Morgan fingerprint density at radius 2 is 2.11 bits per heavy atom. The number of benzene rings is 1. The Morgan fingerprint density at radius 1 is 1.33 bits per heavy atom. The Morgan fingerprint density at radius 3 is 2.78 bits per heavy atom. The van der Waals surface area contributed by atoms with Crippen molar-refractivity contribution in [3.63, 3.8) is 0 Å². The number of aryl methyl sites for hydroxylation is 1. The largest absolute Gasteiger partial charge is 0.313 e. The zero-order chi connectivity index (χ0) is 13.0. The highest BCUT2D eigenvalue weighted by Crippen LogP contribution is 2.28. The number of nitrogens with one attached hydrogen (secondary N) is 1. The van der Waals surface area contributed by atoms with Crippen LogP contribution in [0.2, 0.25) is 0 Å². The van der Waals surface area contributed by atoms with Gasteiger partial charge in [-0.25, -0.2) is 4.68 Å². The lowest BCUT2D eigenvalue weighted by Crippen LogP contribution is -2.14. The molecule has 18 heavy (non-hydrogen) atoms. The van der Waals surface area contributed by atoms with Gasteiger partial charge < -0.3 is 5.32 Å². The number of hydrogen-bond acceptors (Lipinski definition) is 3. The van der Waals surface area contributed by atoms with Crippen LogP contribution in [-0.2, 0) is 13.6 Å². The molecule has 0 aliphatic carbocycles. The van der Waals surface area contributed by atoms with Crippen LogP contribution >= 0.6 is 15.9 Å². The van der Waals surface area contributed by atoms with Crippen molar-refractivity contribution in [2.75, 3.05) is 6.54 Å². The molecule has 0 aliphatic heterocycles. The monoisotopic (exact) mass is 308 g/mol. The van der Waals surface area contributed by atoms with Crippen LogP contribution in [0.1, 0.15) is 18.9 Å². The van der Waals surface area contributed by atoms with E-state index in [0.717, 1.165) is 29.8 Å². The van der Waals surface area contributed by atoms with Gasteiger partial charge in [0.25, 0.3) is 0 Å². The molecule has 0 aliphatic rings. The Bertz CT molecular complexity index is 502. The van der Waals surface area contributed by atoms with Crippen molar-refractivity contribution < 1.29 is 0 Å². The number of hydrogen-bond donors (Lipinski definition) is 1. The van der Waals surface area contributed by atoms with Crippen molar-refractivity contribution in [1.82, 2.24) is 20.3 Å². The summed E-state index contributed by atoms with van der Waals surface area (Å²) in [4.78, 5) is 0. The predicted octanol–water partition coefficient (Wildman–Crippen LogP) is 2.74. The molecule has 5 heteroatoms. The van der Waals surface area contributed by atoms with Crippen LogP contribution in [0.25, 0.3) is 11.3 Å². The Balaban J connectivity index is 2.33. The summed E-state index contributed by atoms with van der Waals surface area (Å²) in [6.07, 6.45) is 1.14. The van der Waals surface area contributed by atoms with Gasteiger partial charge in [-0.3, -0.25) is 0 Å². The highest BCUT2D eigenvalue weighted by Gasteiger charge is 2.13. The van der Waals surface area contributed by atoms with Crippen molar-refractivity contribution in [2.24, 2.45) is 7.05 Å². The van der Waals surface area contributed by atoms with E-state index in [4.69, 9.17) is 0 Å². The number of rotatable bonds is 5. The maximum Gasteiger partial charge on any atom is 0.156 e. The number of aromatic nitrogens is 3. The van der Waals surface area contributed by atoms with Gasteiger partial charge >= 0.3 is 0 Å². The van der Waals surface area contributed by atoms with Crippen molar-refractivity contribution in [2.45, 2.75) is 19.9 Å². The van der Waals surface area contributed by atoms with E-state index in [1.54, 1.807) is 4.68 Å². The fourth-order valence-corrected chi connectivity index (χ4v) is 2.46. The lowest BCUT2D eigenvalue weighted by Gasteiger charge is -2.10. The molecule has 0 unspecified atom stereocenters. The van der Waals surface area contributed by atoms with Crippen LogP contribution in [0, 0.1) is 0 Å². The van der Waals surface area contributed by atoms with Gasteiger partial charge in [-0.15, -0.1) is 5.10 Å². The fourth-order valence-electron chi connectivity index (χ4n) is 1.92. The highest BCUT2D eigenvalue weighted by molar-refractivity contribution is 9.10. The summed E-state index contributed by atoms with van der Waals surface area (Å²) in [7, 11) is 1.91. The summed E-state index contributed by atoms with van der Waals surface area (Å²) in [5, 5.41) is 11.5. The molecule has 0 saturated heterocycles. The minimum atomic E-state index is 0.785. The Kier molecular flexibility index (Phi) is 4.49. The lowest BCUT2D eigenvalue weighted by molar-refractivity contribution is 0.674. The van der Waals surface area contributed by atoms with E-state index in [-0.39, 0.29) is 0 Å². The molecule has 1 N–H and O–H groups in total. The summed E-state index contributed by atoms with van der Waals surface area (Å²) < 4.78 is 2.58. The van der Waals surface area contributed by atoms with Gasteiger partial charge in [0.2, 0.25) is 0 Å². The van der Waals surface area contributed by atoms with Gasteiger partial charge in [-0.2, -0.15) is 0 Å². The summed E-state index contributed by atoms with van der Waals surface area (Å²) in [6, 6.07) is 8.34. The molecule has 0 bridgehead atoms. The fraction of sp³-hybridized carbons (Fsp3) is 0.385. The van der Waals surface area contributed by atoms with Crippen LogP contribution in [-0.4, -0.2) is 21.5 Å². The molecule has 96 valence electrons. The summed E-state index contributed by atoms with van der Waals surface area (Å²) in [5.41, 5.74) is 3.45. The minimum absolute atomic E-state index is 0.785. The molecule has 0 radical (unpaired) electrons. The molecule has 0 spiro atoms. The first kappa shape index (κ1) is 13.2. The van der Waals surface area contributed by atoms with Crippen LogP contribution in [0.15, 0.2) is 28.9 Å². The zero-order valence-corrected chi connectivity index (χ0v) is 12.2. The molecule has 1 aromatic carbocycles. The average molecular weight is 309 g/mol. The second kappa shape index (κ2) is 6.11. The SMILES string of the molecule is CCCNCc1ccccc1-c1c(Br)nnn1C. The number of nitrogens with zero attached hydrogens (tertiary/aromatic N) is 3. The van der Waals surface area contributed by atoms with E-state index >= 15 is 0 Å². The van der Waals surface area contributed by atoms with Gasteiger partial charge in [0.1, 0.15) is 5.69 Å². The van der Waals surface area contributed by atoms with Crippen LogP contribution in [0.5, 0.6) is 0 Å². The second-order valence-electron chi connectivity index (χ2n) is 4.19. The van der Waals surface area contributed by atoms with Crippen molar-refractivity contribution in [3.8, 4) is 11.3 Å². The molecule has 0 amide bonds. The molecule has 0 saturated carbocycles. The average Bonchev–Trinajstić information content (AvgIpc) is 2.70. The van der Waals surface area contributed by atoms with Crippen molar-refractivity contribution in [1.29, 1.82) is 0 Å². The molecule has 1 aromatic heterocycles. The topological polar surface area (TPSA) is 42.7 Å². The standard InChI is InChI=1S/C13H17BrN4/c1-3-8-15-9-10-6-4-5-7-11(10)12-13(14)16-17-18(12)2/h4-7,15H,3,8-9H2,1-2H3. The van der Waals surface area contributed by atoms with Crippen molar-refractivity contribution in [3.05, 3.63) is 34.4 Å². The van der Waals surface area contributed by atoms with Crippen LogP contribution < -0.4 is 5.32 Å². The van der Waals surface area contributed by atoms with Gasteiger partial charge in [0.05, 0.1) is 0 Å². The van der Waals surface area contributed by atoms with E-state index in [0.29, 0.717) is 0 Å². The normalized spacial score (nSPS) is 10.8. The highest BCUT2D eigenvalue weighted by atomic mass is 79.9. The van der Waals surface area contributed by atoms with Gasteiger partial charge in [-0.05, 0) is 34.5 Å². The van der Waals surface area contributed by atoms with Crippen LogP contribution in [0.3, 0.4) is 0 Å². The lowest BCUT2D eigenvalue weighted by atomic mass is 10.0. The molecule has 2 rings (SSSR count). The third-order valence-corrected chi connectivity index (χ3v) is 3.33. The van der Waals surface area contributed by atoms with Crippen molar-refractivity contribution >= 4 is 15.9 Å². The van der Waals surface area contributed by atoms with Gasteiger partial charge in [0.15, 0.2) is 4.60 Å². The Hall–Kier alpha value is -1.20. The molecular formula is C13H17BrN4. The third kappa shape index (κ3) is 2.79. The summed E-state index contributed by atoms with van der Waals surface area (Å²) >= 11 is 3.45. The molecule has 0 fully saturated rings. The second-order valence-corrected chi connectivity index (χ2v) is 4.94. The smallest absolute Gasteiger partial charge is 0.156 e. The van der Waals surface area contributed by atoms with E-state index < -0.39 is 0 Å². The minimum Gasteiger partial charge on any atom is -0.313 e. The molecule has 0 atom stereocenters. The molecular weight excluding hydrogens is 292 g/mol. The summed E-state index contributed by atoms with van der Waals surface area (Å²) in [5.74, 6) is 0. The van der Waals surface area contributed by atoms with Gasteiger partial charge in [0, 0.05) is 19.2 Å². The van der Waals surface area contributed by atoms with E-state index in [1.165, 1.54) is 11.1 Å². The summed E-state index contributed by atoms with van der Waals surface area (Å²) in [6.45, 7) is 4.06. The van der Waals surface area contributed by atoms with E-state index in [1.807, 2.05) is 13.1 Å².